The molecule has 0 aliphatic rings. The molecule has 0 bridgehead atoms. The summed E-state index contributed by atoms with van der Waals surface area (Å²) < 4.78 is 9.23. The van der Waals surface area contributed by atoms with Crippen molar-refractivity contribution >= 4 is 28.4 Å². The van der Waals surface area contributed by atoms with Gasteiger partial charge in [0.15, 0.2) is 6.61 Å². The summed E-state index contributed by atoms with van der Waals surface area (Å²) >= 11 is 1.19. The normalized spacial score (nSPS) is 11.6. The Morgan fingerprint density at radius 2 is 2.00 bits per heavy atom. The van der Waals surface area contributed by atoms with Crippen LogP contribution in [0.3, 0.4) is 0 Å². The summed E-state index contributed by atoms with van der Waals surface area (Å²) in [6, 6.07) is 10.1. The monoisotopic (exact) mass is 361 g/mol. The van der Waals surface area contributed by atoms with E-state index in [4.69, 9.17) is 4.74 Å². The van der Waals surface area contributed by atoms with Crippen LogP contribution in [0.2, 0.25) is 0 Å². The van der Waals surface area contributed by atoms with E-state index in [0.29, 0.717) is 16.3 Å². The molecule has 2 aromatic rings. The largest absolute Gasteiger partial charge is 0.452 e. The molecular formula is C18H23N3O3S. The Hall–Kier alpha value is -2.41. The maximum Gasteiger partial charge on any atom is 0.343 e. The number of hydrogen-bond acceptors (Lipinski definition) is 6. The zero-order valence-corrected chi connectivity index (χ0v) is 15.5. The summed E-state index contributed by atoms with van der Waals surface area (Å²) in [7, 11) is 1.71. The fourth-order valence-corrected chi connectivity index (χ4v) is 3.13. The first-order chi connectivity index (χ1) is 12.0. The number of anilines is 1. The third-order valence-corrected chi connectivity index (χ3v) is 4.70. The van der Waals surface area contributed by atoms with Crippen LogP contribution in [0.1, 0.15) is 35.0 Å². The van der Waals surface area contributed by atoms with Gasteiger partial charge in [-0.05, 0) is 43.8 Å². The minimum Gasteiger partial charge on any atom is -0.452 e. The lowest BCUT2D eigenvalue weighted by atomic mass is 10.1. The summed E-state index contributed by atoms with van der Waals surface area (Å²) in [4.78, 5) is 24.1. The molecule has 0 spiro atoms. The molecule has 0 saturated carbocycles. The first kappa shape index (κ1) is 18.9. The van der Waals surface area contributed by atoms with Crippen molar-refractivity contribution in [3.05, 3.63) is 47.2 Å². The standard InChI is InChI=1S/C18H23N3O3S/c1-12(9-10-14-7-5-4-6-8-14)20-15(22)11-24-18(23)16-13(2)21-25-17(16)19-3/h4-8,12,19H,9-11H2,1-3H3,(H,20,22)/t12-/m0/s1. The first-order valence-electron chi connectivity index (χ1n) is 8.15. The van der Waals surface area contributed by atoms with E-state index in [9.17, 15) is 9.59 Å². The van der Waals surface area contributed by atoms with Gasteiger partial charge in [-0.3, -0.25) is 4.79 Å². The number of aryl methyl sites for hydroxylation is 2. The second kappa shape index (κ2) is 9.17. The first-order valence-corrected chi connectivity index (χ1v) is 8.93. The molecule has 2 rings (SSSR count). The molecule has 2 N–H and O–H groups in total. The van der Waals surface area contributed by atoms with Gasteiger partial charge in [-0.1, -0.05) is 30.3 Å². The molecule has 0 fully saturated rings. The molecule has 1 atom stereocenters. The molecular weight excluding hydrogens is 338 g/mol. The molecule has 7 heteroatoms. The van der Waals surface area contributed by atoms with E-state index in [1.807, 2.05) is 25.1 Å². The fraction of sp³-hybridized carbons (Fsp3) is 0.389. The van der Waals surface area contributed by atoms with Crippen LogP contribution in [0.5, 0.6) is 0 Å². The molecule has 0 radical (unpaired) electrons. The van der Waals surface area contributed by atoms with Gasteiger partial charge in [-0.2, -0.15) is 4.37 Å². The zero-order valence-electron chi connectivity index (χ0n) is 14.7. The zero-order chi connectivity index (χ0) is 18.2. The number of amides is 1. The third kappa shape index (κ3) is 5.56. The van der Waals surface area contributed by atoms with Gasteiger partial charge in [0, 0.05) is 13.1 Å². The Morgan fingerprint density at radius 1 is 1.28 bits per heavy atom. The van der Waals surface area contributed by atoms with E-state index in [-0.39, 0.29) is 18.6 Å². The van der Waals surface area contributed by atoms with Gasteiger partial charge in [0.1, 0.15) is 10.6 Å². The van der Waals surface area contributed by atoms with Crippen molar-refractivity contribution in [2.24, 2.45) is 0 Å². The average molecular weight is 361 g/mol. The number of aromatic nitrogens is 1. The lowest BCUT2D eigenvalue weighted by Gasteiger charge is -2.14. The SMILES string of the molecule is CNc1snc(C)c1C(=O)OCC(=O)N[C@@H](C)CCc1ccccc1. The Bertz CT molecular complexity index is 716. The van der Waals surface area contributed by atoms with Gasteiger partial charge >= 0.3 is 5.97 Å². The Labute approximate surface area is 151 Å². The van der Waals surface area contributed by atoms with Crippen molar-refractivity contribution < 1.29 is 14.3 Å². The predicted molar refractivity (Wildman–Crippen MR) is 99.0 cm³/mol. The van der Waals surface area contributed by atoms with Crippen LogP contribution >= 0.6 is 11.5 Å². The number of nitrogens with one attached hydrogen (secondary N) is 2. The highest BCUT2D eigenvalue weighted by molar-refractivity contribution is 7.10. The van der Waals surface area contributed by atoms with E-state index < -0.39 is 5.97 Å². The Morgan fingerprint density at radius 3 is 2.68 bits per heavy atom. The van der Waals surface area contributed by atoms with Crippen LogP contribution in [0.15, 0.2) is 30.3 Å². The van der Waals surface area contributed by atoms with E-state index in [2.05, 4.69) is 27.1 Å². The van der Waals surface area contributed by atoms with Crippen molar-refractivity contribution in [2.45, 2.75) is 32.7 Å². The topological polar surface area (TPSA) is 80.3 Å². The van der Waals surface area contributed by atoms with Crippen LogP contribution in [0.25, 0.3) is 0 Å². The number of nitrogens with zero attached hydrogens (tertiary/aromatic N) is 1. The fourth-order valence-electron chi connectivity index (χ4n) is 2.40. The molecule has 1 aromatic heterocycles. The summed E-state index contributed by atoms with van der Waals surface area (Å²) in [5.41, 5.74) is 2.21. The van der Waals surface area contributed by atoms with Gasteiger partial charge in [-0.25, -0.2) is 4.79 Å². The lowest BCUT2D eigenvalue weighted by molar-refractivity contribution is -0.124. The predicted octanol–water partition coefficient (Wildman–Crippen LogP) is 2.79. The van der Waals surface area contributed by atoms with E-state index in [0.717, 1.165) is 12.8 Å². The number of hydrogen-bond donors (Lipinski definition) is 2. The highest BCUT2D eigenvalue weighted by Crippen LogP contribution is 2.24. The Balaban J connectivity index is 1.76. The van der Waals surface area contributed by atoms with Crippen LogP contribution < -0.4 is 10.6 Å². The molecule has 134 valence electrons. The van der Waals surface area contributed by atoms with Gasteiger partial charge in [0.2, 0.25) is 0 Å². The van der Waals surface area contributed by atoms with Crippen molar-refractivity contribution in [1.29, 1.82) is 0 Å². The molecule has 1 aromatic carbocycles. The van der Waals surface area contributed by atoms with Crippen molar-refractivity contribution in [3.63, 3.8) is 0 Å². The summed E-state index contributed by atoms with van der Waals surface area (Å²) in [5, 5.41) is 6.39. The summed E-state index contributed by atoms with van der Waals surface area (Å²) in [6.45, 7) is 3.38. The average Bonchev–Trinajstić information content (AvgIpc) is 2.99. The van der Waals surface area contributed by atoms with Gasteiger partial charge in [-0.15, -0.1) is 0 Å². The summed E-state index contributed by atoms with van der Waals surface area (Å²) in [6.07, 6.45) is 1.70. The summed E-state index contributed by atoms with van der Waals surface area (Å²) in [5.74, 6) is -0.844. The molecule has 0 aliphatic heterocycles. The van der Waals surface area contributed by atoms with E-state index >= 15 is 0 Å². The van der Waals surface area contributed by atoms with Gasteiger partial charge in [0.25, 0.3) is 5.91 Å². The van der Waals surface area contributed by atoms with Crippen LogP contribution in [0, 0.1) is 6.92 Å². The van der Waals surface area contributed by atoms with Gasteiger partial charge in [0.05, 0.1) is 5.69 Å². The minimum atomic E-state index is -0.539. The molecule has 0 unspecified atom stereocenters. The number of rotatable bonds is 8. The number of carbonyl (C=O) groups excluding carboxylic acids is 2. The molecule has 1 heterocycles. The molecule has 0 aliphatic carbocycles. The maximum absolute atomic E-state index is 12.1. The van der Waals surface area contributed by atoms with Crippen molar-refractivity contribution in [1.82, 2.24) is 9.69 Å². The lowest BCUT2D eigenvalue weighted by Crippen LogP contribution is -2.36. The van der Waals surface area contributed by atoms with Crippen LogP contribution in [0.4, 0.5) is 5.00 Å². The number of benzene rings is 1. The van der Waals surface area contributed by atoms with Crippen molar-refractivity contribution in [3.8, 4) is 0 Å². The molecule has 6 nitrogen and oxygen atoms in total. The van der Waals surface area contributed by atoms with Crippen LogP contribution in [-0.4, -0.2) is 35.9 Å². The molecule has 0 saturated heterocycles. The smallest absolute Gasteiger partial charge is 0.343 e. The van der Waals surface area contributed by atoms with Gasteiger partial charge < -0.3 is 15.4 Å². The second-order valence-corrected chi connectivity index (χ2v) is 6.56. The number of esters is 1. The van der Waals surface area contributed by atoms with E-state index in [1.54, 1.807) is 14.0 Å². The third-order valence-electron chi connectivity index (χ3n) is 3.74. The highest BCUT2D eigenvalue weighted by atomic mass is 32.1. The second-order valence-electron chi connectivity index (χ2n) is 5.79. The number of carbonyl (C=O) groups is 2. The van der Waals surface area contributed by atoms with Crippen molar-refractivity contribution in [2.75, 3.05) is 19.0 Å². The number of ether oxygens (including phenoxy) is 1. The highest BCUT2D eigenvalue weighted by Gasteiger charge is 2.20. The van der Waals surface area contributed by atoms with E-state index in [1.165, 1.54) is 17.1 Å². The molecule has 1 amide bonds. The Kier molecular flexibility index (Phi) is 6.94. The maximum atomic E-state index is 12.1. The minimum absolute atomic E-state index is 0.00354. The molecule has 25 heavy (non-hydrogen) atoms. The van der Waals surface area contributed by atoms with Crippen LogP contribution in [-0.2, 0) is 16.0 Å². The quantitative estimate of drug-likeness (QED) is 0.707.